The summed E-state index contributed by atoms with van der Waals surface area (Å²) in [7, 11) is -2.17. The van der Waals surface area contributed by atoms with Crippen LogP contribution in [0.2, 0.25) is 0 Å². The molecule has 0 aliphatic heterocycles. The fraction of sp³-hybridized carbons (Fsp3) is 0.667. The molecule has 0 aliphatic carbocycles. The van der Waals surface area contributed by atoms with Gasteiger partial charge in [-0.2, -0.15) is 0 Å². The quantitative estimate of drug-likeness (QED) is 0.263. The Balaban J connectivity index is 0. The molecular formula is C3H9BO6. The summed E-state index contributed by atoms with van der Waals surface area (Å²) in [4.78, 5) is 9.45. The number of aliphatic carboxylic acids is 1. The van der Waals surface area contributed by atoms with E-state index in [4.69, 9.17) is 25.3 Å². The molecule has 0 fully saturated rings. The third-order valence-corrected chi connectivity index (χ3v) is 0.357. The second-order valence-corrected chi connectivity index (χ2v) is 1.36. The van der Waals surface area contributed by atoms with E-state index in [0.29, 0.717) is 0 Å². The highest BCUT2D eigenvalue weighted by Crippen LogP contribution is 1.73. The molecule has 1 unspecified atom stereocenters. The van der Waals surface area contributed by atoms with Crippen molar-refractivity contribution in [3.05, 3.63) is 0 Å². The van der Waals surface area contributed by atoms with E-state index in [-0.39, 0.29) is 0 Å². The lowest BCUT2D eigenvalue weighted by atomic mass is 10.3. The number of hydrogen-bond donors (Lipinski definition) is 5. The fourth-order valence-electron chi connectivity index (χ4n) is 0. The molecule has 0 aromatic carbocycles. The summed E-state index contributed by atoms with van der Waals surface area (Å²) >= 11 is 0. The number of carboxylic acids is 1. The van der Waals surface area contributed by atoms with Gasteiger partial charge in [0.1, 0.15) is 6.10 Å². The molecule has 0 aromatic rings. The topological polar surface area (TPSA) is 118 Å². The molecule has 5 N–H and O–H groups in total. The second kappa shape index (κ2) is 6.49. The zero-order valence-corrected chi connectivity index (χ0v) is 5.30. The summed E-state index contributed by atoms with van der Waals surface area (Å²) in [6.07, 6.45) is -1.23. The van der Waals surface area contributed by atoms with Crippen LogP contribution in [0.3, 0.4) is 0 Å². The van der Waals surface area contributed by atoms with E-state index >= 15 is 0 Å². The van der Waals surface area contributed by atoms with Crippen LogP contribution in [0.15, 0.2) is 0 Å². The first-order valence-electron chi connectivity index (χ1n) is 2.33. The van der Waals surface area contributed by atoms with E-state index < -0.39 is 19.4 Å². The van der Waals surface area contributed by atoms with Crippen LogP contribution in [-0.4, -0.2) is 44.7 Å². The average Bonchev–Trinajstić information content (AvgIpc) is 1.63. The van der Waals surface area contributed by atoms with E-state index in [9.17, 15) is 4.79 Å². The van der Waals surface area contributed by atoms with Gasteiger partial charge in [-0.05, 0) is 6.92 Å². The predicted octanol–water partition coefficient (Wildman–Crippen LogP) is -2.60. The molecule has 7 heteroatoms. The molecule has 60 valence electrons. The Morgan fingerprint density at radius 2 is 1.50 bits per heavy atom. The smallest absolute Gasteiger partial charge is 0.479 e. The van der Waals surface area contributed by atoms with Gasteiger partial charge in [-0.25, -0.2) is 4.79 Å². The third-order valence-electron chi connectivity index (χ3n) is 0.357. The molecular weight excluding hydrogens is 143 g/mol. The van der Waals surface area contributed by atoms with Crippen LogP contribution < -0.4 is 0 Å². The summed E-state index contributed by atoms with van der Waals surface area (Å²) < 4.78 is 0. The lowest BCUT2D eigenvalue weighted by molar-refractivity contribution is -0.145. The summed E-state index contributed by atoms with van der Waals surface area (Å²) in [5.41, 5.74) is 0. The van der Waals surface area contributed by atoms with E-state index in [1.807, 2.05) is 0 Å². The van der Waals surface area contributed by atoms with Crippen LogP contribution in [0.5, 0.6) is 0 Å². The molecule has 0 rings (SSSR count). The van der Waals surface area contributed by atoms with Crippen molar-refractivity contribution in [3.8, 4) is 0 Å². The highest BCUT2D eigenvalue weighted by molar-refractivity contribution is 6.30. The Morgan fingerprint density at radius 1 is 1.40 bits per heavy atom. The van der Waals surface area contributed by atoms with E-state index in [1.54, 1.807) is 0 Å². The number of hydrogen-bond acceptors (Lipinski definition) is 5. The minimum atomic E-state index is -2.17. The van der Waals surface area contributed by atoms with Crippen LogP contribution in [0.1, 0.15) is 6.92 Å². The highest BCUT2D eigenvalue weighted by atomic mass is 16.5. The summed E-state index contributed by atoms with van der Waals surface area (Å²) in [5, 5.41) is 37.3. The van der Waals surface area contributed by atoms with Crippen LogP contribution in [0, 0.1) is 0 Å². The van der Waals surface area contributed by atoms with Gasteiger partial charge in [0.05, 0.1) is 0 Å². The number of aliphatic hydroxyl groups is 1. The molecule has 0 heterocycles. The van der Waals surface area contributed by atoms with Crippen molar-refractivity contribution >= 4 is 13.3 Å². The Kier molecular flexibility index (Phi) is 7.85. The Morgan fingerprint density at radius 3 is 1.50 bits per heavy atom. The zero-order valence-electron chi connectivity index (χ0n) is 5.30. The SMILES string of the molecule is CC(O)C(=O)O.OB(O)O. The Hall–Kier alpha value is -0.625. The molecule has 1 atom stereocenters. The second-order valence-electron chi connectivity index (χ2n) is 1.36. The van der Waals surface area contributed by atoms with Gasteiger partial charge in [-0.3, -0.25) is 0 Å². The first-order chi connectivity index (χ1) is 4.37. The van der Waals surface area contributed by atoms with Crippen LogP contribution >= 0.6 is 0 Å². The number of aliphatic hydroxyl groups excluding tert-OH is 1. The van der Waals surface area contributed by atoms with Gasteiger partial charge in [0.2, 0.25) is 0 Å². The van der Waals surface area contributed by atoms with Gasteiger partial charge in [-0.1, -0.05) is 0 Å². The molecule has 0 bridgehead atoms. The Labute approximate surface area is 57.5 Å². The van der Waals surface area contributed by atoms with Gasteiger partial charge in [0.25, 0.3) is 0 Å². The third kappa shape index (κ3) is 26.3. The standard InChI is InChI=1S/C3H6O3.BH3O3/c1-2(4)3(5)6;2-1(3)4/h2,4H,1H3,(H,5,6);2-4H. The number of rotatable bonds is 1. The van der Waals surface area contributed by atoms with Gasteiger partial charge in [0.15, 0.2) is 0 Å². The van der Waals surface area contributed by atoms with Crippen molar-refractivity contribution in [2.75, 3.05) is 0 Å². The zero-order chi connectivity index (χ0) is 8.73. The van der Waals surface area contributed by atoms with Crippen LogP contribution in [-0.2, 0) is 4.79 Å². The molecule has 0 spiro atoms. The monoisotopic (exact) mass is 152 g/mol. The van der Waals surface area contributed by atoms with Crippen molar-refractivity contribution in [1.29, 1.82) is 0 Å². The minimum Gasteiger partial charge on any atom is -0.479 e. The molecule has 0 saturated carbocycles. The minimum absolute atomic E-state index is 1.19. The van der Waals surface area contributed by atoms with Crippen molar-refractivity contribution in [2.24, 2.45) is 0 Å². The maximum Gasteiger partial charge on any atom is 0.631 e. The van der Waals surface area contributed by atoms with Gasteiger partial charge >= 0.3 is 13.3 Å². The lowest BCUT2D eigenvalue weighted by Crippen LogP contribution is -2.13. The van der Waals surface area contributed by atoms with Crippen molar-refractivity contribution < 1.29 is 30.1 Å². The van der Waals surface area contributed by atoms with Crippen LogP contribution in [0.4, 0.5) is 0 Å². The van der Waals surface area contributed by atoms with Gasteiger partial charge in [-0.15, -0.1) is 0 Å². The number of carbonyl (C=O) groups is 1. The lowest BCUT2D eigenvalue weighted by Gasteiger charge is -1.89. The van der Waals surface area contributed by atoms with Crippen molar-refractivity contribution in [1.82, 2.24) is 0 Å². The molecule has 0 aromatic heterocycles. The first kappa shape index (κ1) is 12.1. The molecule has 0 aliphatic rings. The summed E-state index contributed by atoms with van der Waals surface area (Å²) in [6, 6.07) is 0. The average molecular weight is 152 g/mol. The molecule has 10 heavy (non-hydrogen) atoms. The van der Waals surface area contributed by atoms with E-state index in [2.05, 4.69) is 0 Å². The van der Waals surface area contributed by atoms with Gasteiger partial charge < -0.3 is 25.3 Å². The van der Waals surface area contributed by atoms with Crippen molar-refractivity contribution in [3.63, 3.8) is 0 Å². The van der Waals surface area contributed by atoms with Gasteiger partial charge in [0, 0.05) is 0 Å². The summed E-state index contributed by atoms with van der Waals surface area (Å²) in [5.74, 6) is -1.19. The summed E-state index contributed by atoms with van der Waals surface area (Å²) in [6.45, 7) is 1.20. The largest absolute Gasteiger partial charge is 0.631 e. The van der Waals surface area contributed by atoms with E-state index in [0.717, 1.165) is 0 Å². The normalized spacial score (nSPS) is 10.9. The molecule has 0 amide bonds. The molecule has 0 radical (unpaired) electrons. The maximum atomic E-state index is 9.45. The van der Waals surface area contributed by atoms with Crippen molar-refractivity contribution in [2.45, 2.75) is 13.0 Å². The van der Waals surface area contributed by atoms with Crippen LogP contribution in [0.25, 0.3) is 0 Å². The molecule has 0 saturated heterocycles. The first-order valence-corrected chi connectivity index (χ1v) is 2.33. The Bertz CT molecular complexity index is 88.2. The van der Waals surface area contributed by atoms with E-state index in [1.165, 1.54) is 6.92 Å². The maximum absolute atomic E-state index is 9.45. The number of carboxylic acid groups (broad SMARTS) is 1. The molecule has 6 nitrogen and oxygen atoms in total. The fourth-order valence-corrected chi connectivity index (χ4v) is 0. The predicted molar refractivity (Wildman–Crippen MR) is 31.7 cm³/mol. The highest BCUT2D eigenvalue weighted by Gasteiger charge is 2.01.